The molecule has 0 aliphatic carbocycles. The molecule has 1 N–H and O–H groups in total. The molecule has 3 heteroatoms. The summed E-state index contributed by atoms with van der Waals surface area (Å²) in [7, 11) is -1.14. The molecule has 118 valence electrons. The average molecular weight is 308 g/mol. The monoisotopic (exact) mass is 308 g/mol. The summed E-state index contributed by atoms with van der Waals surface area (Å²) in [5, 5.41) is 10.1. The van der Waals surface area contributed by atoms with E-state index in [4.69, 9.17) is 0 Å². The molecule has 0 aliphatic heterocycles. The number of allylic oxidation sites excluding steroid dienone is 1. The smallest absolute Gasteiger partial charge is 0.0866 e. The van der Waals surface area contributed by atoms with E-state index >= 15 is 0 Å². The van der Waals surface area contributed by atoms with E-state index < -0.39 is 16.9 Å². The van der Waals surface area contributed by atoms with Gasteiger partial charge in [0, 0.05) is 4.90 Å². The van der Waals surface area contributed by atoms with Gasteiger partial charge in [0.2, 0.25) is 0 Å². The number of rotatable bonds is 9. The minimum atomic E-state index is -1.14. The fraction of sp³-hybridized carbons (Fsp3) is 0.556. The van der Waals surface area contributed by atoms with Gasteiger partial charge in [-0.3, -0.25) is 4.21 Å². The van der Waals surface area contributed by atoms with Crippen LogP contribution in [0, 0.1) is 6.92 Å². The lowest BCUT2D eigenvalue weighted by molar-refractivity contribution is 0.234. The summed E-state index contributed by atoms with van der Waals surface area (Å²) >= 11 is 0. The highest BCUT2D eigenvalue weighted by Crippen LogP contribution is 2.13. The van der Waals surface area contributed by atoms with Gasteiger partial charge in [-0.15, -0.1) is 0 Å². The molecule has 2 nitrogen and oxygen atoms in total. The van der Waals surface area contributed by atoms with Gasteiger partial charge in [0.1, 0.15) is 0 Å². The van der Waals surface area contributed by atoms with Gasteiger partial charge in [0.25, 0.3) is 0 Å². The standard InChI is InChI=1S/C18H28O2S/c1-4-5-6-7-8-9-16(3)18(19)14-21(20)17-12-10-15(2)11-13-17/h9-13,18-19H,4-8,14H2,1-3H3/b16-9+/t18-,21+/m1/s1. The van der Waals surface area contributed by atoms with E-state index in [-0.39, 0.29) is 5.75 Å². The summed E-state index contributed by atoms with van der Waals surface area (Å²) in [5.74, 6) is 0.278. The van der Waals surface area contributed by atoms with Crippen LogP contribution in [0.3, 0.4) is 0 Å². The summed E-state index contributed by atoms with van der Waals surface area (Å²) in [6.07, 6.45) is 7.39. The maximum atomic E-state index is 12.2. The van der Waals surface area contributed by atoms with Gasteiger partial charge in [0.05, 0.1) is 22.7 Å². The molecule has 2 atom stereocenters. The first-order chi connectivity index (χ1) is 10.0. The minimum absolute atomic E-state index is 0.278. The molecule has 1 aromatic carbocycles. The van der Waals surface area contributed by atoms with Crippen LogP contribution in [0.25, 0.3) is 0 Å². The van der Waals surface area contributed by atoms with E-state index in [1.54, 1.807) is 0 Å². The molecule has 0 saturated heterocycles. The summed E-state index contributed by atoms with van der Waals surface area (Å²) in [5.41, 5.74) is 2.09. The van der Waals surface area contributed by atoms with Crippen LogP contribution >= 0.6 is 0 Å². The lowest BCUT2D eigenvalue weighted by atomic mass is 10.1. The quantitative estimate of drug-likeness (QED) is 0.543. The summed E-state index contributed by atoms with van der Waals surface area (Å²) in [6, 6.07) is 7.66. The normalized spacial score (nSPS) is 15.0. The third kappa shape index (κ3) is 7.05. The van der Waals surface area contributed by atoms with Gasteiger partial charge in [-0.2, -0.15) is 0 Å². The Labute approximate surface area is 131 Å². The van der Waals surface area contributed by atoms with E-state index in [0.717, 1.165) is 22.5 Å². The third-order valence-electron chi connectivity index (χ3n) is 3.64. The van der Waals surface area contributed by atoms with Crippen LogP contribution in [0.1, 0.15) is 51.5 Å². The molecule has 0 aliphatic rings. The Bertz CT molecular complexity index is 463. The van der Waals surface area contributed by atoms with Gasteiger partial charge < -0.3 is 5.11 Å². The molecule has 0 radical (unpaired) electrons. The Morgan fingerprint density at radius 3 is 2.52 bits per heavy atom. The first-order valence-electron chi connectivity index (χ1n) is 7.84. The second kappa shape index (κ2) is 9.91. The second-order valence-corrected chi connectivity index (χ2v) is 7.13. The number of benzene rings is 1. The number of aliphatic hydroxyl groups is 1. The SMILES string of the molecule is CCCCCC/C=C(\C)[C@H](O)C[S@](=O)c1ccc(C)cc1. The van der Waals surface area contributed by atoms with Gasteiger partial charge >= 0.3 is 0 Å². The third-order valence-corrected chi connectivity index (χ3v) is 5.06. The Balaban J connectivity index is 2.43. The largest absolute Gasteiger partial charge is 0.388 e. The maximum Gasteiger partial charge on any atom is 0.0866 e. The van der Waals surface area contributed by atoms with Crippen LogP contribution in [-0.2, 0) is 10.8 Å². The predicted octanol–water partition coefficient (Wildman–Crippen LogP) is 4.38. The van der Waals surface area contributed by atoms with E-state index in [1.165, 1.54) is 25.7 Å². The van der Waals surface area contributed by atoms with Crippen LogP contribution in [0.15, 0.2) is 40.8 Å². The highest BCUT2D eigenvalue weighted by atomic mass is 32.2. The van der Waals surface area contributed by atoms with Crippen molar-refractivity contribution in [3.63, 3.8) is 0 Å². The molecule has 0 saturated carbocycles. The van der Waals surface area contributed by atoms with E-state index in [0.29, 0.717) is 0 Å². The molecule has 0 spiro atoms. The average Bonchev–Trinajstić information content (AvgIpc) is 2.47. The molecule has 0 aromatic heterocycles. The van der Waals surface area contributed by atoms with Crippen LogP contribution < -0.4 is 0 Å². The van der Waals surface area contributed by atoms with Crippen molar-refractivity contribution in [1.29, 1.82) is 0 Å². The fourth-order valence-corrected chi connectivity index (χ4v) is 3.28. The Hall–Kier alpha value is -0.930. The molecule has 0 fully saturated rings. The zero-order valence-corrected chi connectivity index (χ0v) is 14.3. The number of hydrogen-bond acceptors (Lipinski definition) is 2. The fourth-order valence-electron chi connectivity index (χ4n) is 2.10. The summed E-state index contributed by atoms with van der Waals surface area (Å²) in [6.45, 7) is 6.13. The molecule has 21 heavy (non-hydrogen) atoms. The Kier molecular flexibility index (Phi) is 8.55. The number of aliphatic hydroxyl groups excluding tert-OH is 1. The minimum Gasteiger partial charge on any atom is -0.388 e. The first kappa shape index (κ1) is 18.1. The lowest BCUT2D eigenvalue weighted by Crippen LogP contribution is -2.18. The van der Waals surface area contributed by atoms with Crippen LogP contribution in [0.2, 0.25) is 0 Å². The van der Waals surface area contributed by atoms with Gasteiger partial charge in [-0.05, 0) is 44.4 Å². The summed E-state index contributed by atoms with van der Waals surface area (Å²) in [4.78, 5) is 0.787. The van der Waals surface area contributed by atoms with Crippen LogP contribution in [0.5, 0.6) is 0 Å². The molecule has 1 rings (SSSR count). The van der Waals surface area contributed by atoms with E-state index in [2.05, 4.69) is 13.0 Å². The van der Waals surface area contributed by atoms with Gasteiger partial charge in [-0.1, -0.05) is 50.0 Å². The van der Waals surface area contributed by atoms with Crippen LogP contribution in [-0.4, -0.2) is 21.2 Å². The number of unbranched alkanes of at least 4 members (excludes halogenated alkanes) is 4. The highest BCUT2D eigenvalue weighted by Gasteiger charge is 2.12. The molecule has 0 amide bonds. The zero-order valence-electron chi connectivity index (χ0n) is 13.5. The number of hydrogen-bond donors (Lipinski definition) is 1. The molecule has 1 aromatic rings. The predicted molar refractivity (Wildman–Crippen MR) is 91.0 cm³/mol. The van der Waals surface area contributed by atoms with Crippen molar-refractivity contribution in [1.82, 2.24) is 0 Å². The topological polar surface area (TPSA) is 37.3 Å². The van der Waals surface area contributed by atoms with Crippen molar-refractivity contribution in [2.75, 3.05) is 5.75 Å². The van der Waals surface area contributed by atoms with Crippen LogP contribution in [0.4, 0.5) is 0 Å². The van der Waals surface area contributed by atoms with Crippen molar-refractivity contribution in [2.45, 2.75) is 63.9 Å². The summed E-state index contributed by atoms with van der Waals surface area (Å²) < 4.78 is 12.2. The molecular weight excluding hydrogens is 280 g/mol. The van der Waals surface area contributed by atoms with E-state index in [1.807, 2.05) is 38.1 Å². The van der Waals surface area contributed by atoms with Gasteiger partial charge in [0.15, 0.2) is 0 Å². The Morgan fingerprint density at radius 1 is 1.24 bits per heavy atom. The Morgan fingerprint density at radius 2 is 1.90 bits per heavy atom. The van der Waals surface area contributed by atoms with Crippen molar-refractivity contribution >= 4 is 10.8 Å². The first-order valence-corrected chi connectivity index (χ1v) is 9.16. The van der Waals surface area contributed by atoms with Crippen molar-refractivity contribution in [2.24, 2.45) is 0 Å². The van der Waals surface area contributed by atoms with Gasteiger partial charge in [-0.25, -0.2) is 0 Å². The highest BCUT2D eigenvalue weighted by molar-refractivity contribution is 7.85. The van der Waals surface area contributed by atoms with Crippen molar-refractivity contribution in [3.8, 4) is 0 Å². The zero-order chi connectivity index (χ0) is 15.7. The molecule has 0 unspecified atom stereocenters. The maximum absolute atomic E-state index is 12.2. The molecular formula is C18H28O2S. The van der Waals surface area contributed by atoms with Crippen molar-refractivity contribution < 1.29 is 9.32 Å². The number of aryl methyl sites for hydroxylation is 1. The van der Waals surface area contributed by atoms with E-state index in [9.17, 15) is 9.32 Å². The second-order valence-electron chi connectivity index (χ2n) is 5.64. The molecule has 0 bridgehead atoms. The molecule has 0 heterocycles. The lowest BCUT2D eigenvalue weighted by Gasteiger charge is -2.11. The van der Waals surface area contributed by atoms with Crippen molar-refractivity contribution in [3.05, 3.63) is 41.5 Å².